The number of hydrogen-bond donors (Lipinski definition) is 2. The van der Waals surface area contributed by atoms with Gasteiger partial charge in [0.05, 0.1) is 24.7 Å². The van der Waals surface area contributed by atoms with Crippen LogP contribution in [0.1, 0.15) is 24.7 Å². The van der Waals surface area contributed by atoms with Gasteiger partial charge in [0.15, 0.2) is 0 Å². The molecule has 2 N–H and O–H groups in total. The summed E-state index contributed by atoms with van der Waals surface area (Å²) >= 11 is 0. The lowest BCUT2D eigenvalue weighted by Gasteiger charge is -2.11. The fourth-order valence-corrected chi connectivity index (χ4v) is 2.88. The molecule has 1 aromatic heterocycles. The number of para-hydroxylation sites is 2. The fourth-order valence-electron chi connectivity index (χ4n) is 2.88. The summed E-state index contributed by atoms with van der Waals surface area (Å²) in [6.07, 6.45) is 0.405. The minimum absolute atomic E-state index is 0.0532. The van der Waals surface area contributed by atoms with Crippen molar-refractivity contribution in [3.05, 3.63) is 59.9 Å². The molecule has 146 valence electrons. The zero-order valence-corrected chi connectivity index (χ0v) is 16.1. The number of fused-ring (bicyclic) bond motifs is 1. The van der Waals surface area contributed by atoms with Crippen LogP contribution in [0.2, 0.25) is 0 Å². The zero-order valence-electron chi connectivity index (χ0n) is 16.1. The van der Waals surface area contributed by atoms with Gasteiger partial charge in [0.1, 0.15) is 18.1 Å². The van der Waals surface area contributed by atoms with E-state index < -0.39 is 0 Å². The predicted molar refractivity (Wildman–Crippen MR) is 107 cm³/mol. The number of methoxy groups -OCH3 is 1. The van der Waals surface area contributed by atoms with Gasteiger partial charge in [-0.3, -0.25) is 9.59 Å². The Morgan fingerprint density at radius 1 is 1.00 bits per heavy atom. The minimum Gasteiger partial charge on any atom is -0.497 e. The van der Waals surface area contributed by atoms with Crippen LogP contribution in [0.5, 0.6) is 5.75 Å². The molecule has 3 aromatic rings. The maximum absolute atomic E-state index is 12.5. The average molecular weight is 380 g/mol. The summed E-state index contributed by atoms with van der Waals surface area (Å²) in [5.74, 6) is 1.26. The summed E-state index contributed by atoms with van der Waals surface area (Å²) in [7, 11) is 1.62. The number of imidazole rings is 1. The normalized spacial score (nSPS) is 10.6. The molecule has 2 aromatic carbocycles. The highest BCUT2D eigenvalue weighted by Gasteiger charge is 2.14. The van der Waals surface area contributed by atoms with Crippen molar-refractivity contribution < 1.29 is 14.3 Å². The molecule has 0 saturated heterocycles. The topological polar surface area (TPSA) is 85.2 Å². The van der Waals surface area contributed by atoms with Crippen molar-refractivity contribution in [3.63, 3.8) is 0 Å². The molecular formula is C21H24N4O3. The van der Waals surface area contributed by atoms with Crippen LogP contribution in [-0.2, 0) is 29.2 Å². The van der Waals surface area contributed by atoms with Crippen LogP contribution >= 0.6 is 0 Å². The molecule has 0 spiro atoms. The Kier molecular flexibility index (Phi) is 6.26. The van der Waals surface area contributed by atoms with Crippen LogP contribution in [0.3, 0.4) is 0 Å². The number of rotatable bonds is 8. The Morgan fingerprint density at radius 2 is 1.71 bits per heavy atom. The highest BCUT2D eigenvalue weighted by molar-refractivity contribution is 5.81. The second kappa shape index (κ2) is 9.03. The molecule has 0 aliphatic heterocycles. The molecule has 3 rings (SSSR count). The molecule has 0 atom stereocenters. The lowest BCUT2D eigenvalue weighted by Crippen LogP contribution is -2.29. The number of carbonyl (C=O) groups excluding carboxylic acids is 2. The van der Waals surface area contributed by atoms with Crippen molar-refractivity contribution in [1.29, 1.82) is 0 Å². The number of nitrogens with one attached hydrogen (secondary N) is 2. The fraction of sp³-hybridized carbons (Fsp3) is 0.286. The molecule has 28 heavy (non-hydrogen) atoms. The van der Waals surface area contributed by atoms with Crippen molar-refractivity contribution in [2.75, 3.05) is 7.11 Å². The Balaban J connectivity index is 1.70. The van der Waals surface area contributed by atoms with Gasteiger partial charge in [-0.05, 0) is 29.8 Å². The van der Waals surface area contributed by atoms with Crippen molar-refractivity contribution in [1.82, 2.24) is 20.2 Å². The first-order valence-corrected chi connectivity index (χ1v) is 9.21. The van der Waals surface area contributed by atoms with Crippen LogP contribution in [0.4, 0.5) is 0 Å². The van der Waals surface area contributed by atoms with Gasteiger partial charge in [-0.2, -0.15) is 0 Å². The smallest absolute Gasteiger partial charge is 0.240 e. The Morgan fingerprint density at radius 3 is 2.43 bits per heavy atom. The molecule has 0 radical (unpaired) electrons. The highest BCUT2D eigenvalue weighted by atomic mass is 16.5. The summed E-state index contributed by atoms with van der Waals surface area (Å²) in [6, 6.07) is 15.2. The Labute approximate surface area is 163 Å². The number of hydrogen-bond acceptors (Lipinski definition) is 4. The maximum Gasteiger partial charge on any atom is 0.240 e. The third-order valence-electron chi connectivity index (χ3n) is 4.45. The predicted octanol–water partition coefficient (Wildman–Crippen LogP) is 2.39. The largest absolute Gasteiger partial charge is 0.497 e. The van der Waals surface area contributed by atoms with Crippen molar-refractivity contribution in [2.45, 2.75) is 33.0 Å². The van der Waals surface area contributed by atoms with E-state index >= 15 is 0 Å². The molecule has 7 heteroatoms. The van der Waals surface area contributed by atoms with Gasteiger partial charge in [0, 0.05) is 13.0 Å². The summed E-state index contributed by atoms with van der Waals surface area (Å²) in [6.45, 7) is 2.64. The van der Waals surface area contributed by atoms with E-state index in [1.807, 2.05) is 53.1 Å². The first-order chi connectivity index (χ1) is 13.6. The molecule has 0 fully saturated rings. The molecule has 7 nitrogen and oxygen atoms in total. The Hall–Kier alpha value is -3.35. The molecule has 2 amide bonds. The van der Waals surface area contributed by atoms with E-state index in [-0.39, 0.29) is 24.9 Å². The van der Waals surface area contributed by atoms with Crippen LogP contribution < -0.4 is 15.4 Å². The number of nitrogens with zero attached hydrogens (tertiary/aromatic N) is 2. The van der Waals surface area contributed by atoms with Gasteiger partial charge in [-0.25, -0.2) is 4.98 Å². The van der Waals surface area contributed by atoms with Gasteiger partial charge in [0.2, 0.25) is 11.8 Å². The highest BCUT2D eigenvalue weighted by Crippen LogP contribution is 2.16. The quantitative estimate of drug-likeness (QED) is 0.628. The van der Waals surface area contributed by atoms with Crippen LogP contribution in [-0.4, -0.2) is 28.5 Å². The van der Waals surface area contributed by atoms with E-state index in [2.05, 4.69) is 15.6 Å². The van der Waals surface area contributed by atoms with Gasteiger partial charge in [0.25, 0.3) is 0 Å². The first-order valence-electron chi connectivity index (χ1n) is 9.21. The number of amides is 2. The summed E-state index contributed by atoms with van der Waals surface area (Å²) in [4.78, 5) is 28.7. The maximum atomic E-state index is 12.5. The second-order valence-corrected chi connectivity index (χ2v) is 6.36. The monoisotopic (exact) mass is 380 g/mol. The van der Waals surface area contributed by atoms with E-state index in [1.54, 1.807) is 14.0 Å². The number of aromatic nitrogens is 2. The lowest BCUT2D eigenvalue weighted by molar-refractivity contribution is -0.122. The number of ether oxygens (including phenoxy) is 1. The number of benzene rings is 2. The molecule has 1 heterocycles. The van der Waals surface area contributed by atoms with E-state index in [0.717, 1.165) is 22.3 Å². The lowest BCUT2D eigenvalue weighted by atomic mass is 10.2. The van der Waals surface area contributed by atoms with Gasteiger partial charge >= 0.3 is 0 Å². The average Bonchev–Trinajstić information content (AvgIpc) is 3.08. The third-order valence-corrected chi connectivity index (χ3v) is 4.45. The van der Waals surface area contributed by atoms with Gasteiger partial charge in [-0.15, -0.1) is 0 Å². The van der Waals surface area contributed by atoms with Crippen LogP contribution in [0.25, 0.3) is 11.0 Å². The molecular weight excluding hydrogens is 356 g/mol. The summed E-state index contributed by atoms with van der Waals surface area (Å²) in [5.41, 5.74) is 2.65. The Bertz CT molecular complexity index is 963. The van der Waals surface area contributed by atoms with Crippen molar-refractivity contribution >= 4 is 22.8 Å². The first kappa shape index (κ1) is 19.4. The molecule has 0 aliphatic rings. The summed E-state index contributed by atoms with van der Waals surface area (Å²) < 4.78 is 6.98. The zero-order chi connectivity index (χ0) is 19.9. The van der Waals surface area contributed by atoms with E-state index in [4.69, 9.17) is 4.74 Å². The minimum atomic E-state index is -0.123. The summed E-state index contributed by atoms with van der Waals surface area (Å²) in [5, 5.41) is 5.75. The number of carbonyl (C=O) groups is 2. The van der Waals surface area contributed by atoms with Crippen LogP contribution in [0, 0.1) is 0 Å². The SMILES string of the molecule is CCC(=O)NCc1nc2ccccc2n1CC(=O)NCc1ccc(OC)cc1. The van der Waals surface area contributed by atoms with Crippen molar-refractivity contribution in [3.8, 4) is 5.75 Å². The van der Waals surface area contributed by atoms with Gasteiger partial charge in [-0.1, -0.05) is 31.2 Å². The van der Waals surface area contributed by atoms with Gasteiger partial charge < -0.3 is 19.9 Å². The third kappa shape index (κ3) is 4.68. The molecule has 0 aliphatic carbocycles. The molecule has 0 bridgehead atoms. The standard InChI is InChI=1S/C21H24N4O3/c1-3-20(26)23-13-19-24-17-6-4-5-7-18(17)25(19)14-21(27)22-12-15-8-10-16(28-2)11-9-15/h4-11H,3,12-14H2,1-2H3,(H,22,27)(H,23,26). The van der Waals surface area contributed by atoms with Crippen LogP contribution in [0.15, 0.2) is 48.5 Å². The molecule has 0 unspecified atom stereocenters. The second-order valence-electron chi connectivity index (χ2n) is 6.36. The van der Waals surface area contributed by atoms with E-state index in [0.29, 0.717) is 18.8 Å². The van der Waals surface area contributed by atoms with E-state index in [9.17, 15) is 9.59 Å². The molecule has 0 saturated carbocycles. The van der Waals surface area contributed by atoms with Crippen molar-refractivity contribution in [2.24, 2.45) is 0 Å². The van der Waals surface area contributed by atoms with E-state index in [1.165, 1.54) is 0 Å².